The molecule has 2 heterocycles. The minimum absolute atomic E-state index is 0.0733. The normalized spacial score (nSPS) is 17.0. The van der Waals surface area contributed by atoms with E-state index in [1.54, 1.807) is 23.6 Å². The first kappa shape index (κ1) is 21.8. The number of benzene rings is 3. The largest absolute Gasteiger partial charge is 0.368 e. The number of rotatable bonds is 7. The molecule has 0 radical (unpaired) electrons. The van der Waals surface area contributed by atoms with Crippen LogP contribution >= 0.6 is 23.3 Å². The highest BCUT2D eigenvalue weighted by molar-refractivity contribution is 8.01. The first-order chi connectivity index (χ1) is 16.1. The van der Waals surface area contributed by atoms with Crippen LogP contribution in [0.1, 0.15) is 39.9 Å². The molecule has 166 valence electrons. The van der Waals surface area contributed by atoms with Crippen molar-refractivity contribution in [3.8, 4) is 0 Å². The topological polar surface area (TPSA) is 66.3 Å². The highest BCUT2D eigenvalue weighted by Gasteiger charge is 2.49. The molecule has 4 aromatic rings. The summed E-state index contributed by atoms with van der Waals surface area (Å²) in [6, 6.07) is 31.1. The highest BCUT2D eigenvalue weighted by Crippen LogP contribution is 2.54. The lowest BCUT2D eigenvalue weighted by molar-refractivity contribution is -0.156. The van der Waals surface area contributed by atoms with Crippen molar-refractivity contribution in [1.29, 1.82) is 0 Å². The minimum atomic E-state index is -1.05. The number of aliphatic hydroxyl groups excluding tert-OH is 1. The highest BCUT2D eigenvalue weighted by atomic mass is 32.2. The Morgan fingerprint density at radius 1 is 0.939 bits per heavy atom. The maximum atomic E-state index is 12.7. The molecule has 1 aliphatic rings. The lowest BCUT2D eigenvalue weighted by atomic mass is 9.84. The van der Waals surface area contributed by atoms with Crippen LogP contribution in [0.3, 0.4) is 0 Å². The summed E-state index contributed by atoms with van der Waals surface area (Å²) in [5, 5.41) is 14.9. The minimum Gasteiger partial charge on any atom is -0.368 e. The van der Waals surface area contributed by atoms with E-state index in [0.717, 1.165) is 28.2 Å². The third-order valence-corrected chi connectivity index (χ3v) is 8.58. The molecule has 5 nitrogen and oxygen atoms in total. The fraction of sp³-hybridized carbons (Fsp3) is 0.192. The van der Waals surface area contributed by atoms with Gasteiger partial charge in [0.1, 0.15) is 0 Å². The Bertz CT molecular complexity index is 1140. The van der Waals surface area contributed by atoms with Crippen LogP contribution in [-0.2, 0) is 9.54 Å². The van der Waals surface area contributed by atoms with E-state index in [0.29, 0.717) is 17.0 Å². The van der Waals surface area contributed by atoms with E-state index in [1.165, 1.54) is 0 Å². The third-order valence-electron chi connectivity index (χ3n) is 5.99. The Kier molecular flexibility index (Phi) is 6.01. The Labute approximate surface area is 201 Å². The second-order valence-corrected chi connectivity index (χ2v) is 10.1. The van der Waals surface area contributed by atoms with Crippen molar-refractivity contribution in [1.82, 2.24) is 14.5 Å². The van der Waals surface area contributed by atoms with E-state index in [2.05, 4.69) is 46.0 Å². The summed E-state index contributed by atoms with van der Waals surface area (Å²) >= 11 is 2.82. The fourth-order valence-corrected chi connectivity index (χ4v) is 6.75. The van der Waals surface area contributed by atoms with Gasteiger partial charge in [-0.05, 0) is 35.1 Å². The predicted octanol–water partition coefficient (Wildman–Crippen LogP) is 5.12. The van der Waals surface area contributed by atoms with Crippen LogP contribution in [0.4, 0.5) is 0 Å². The maximum absolute atomic E-state index is 12.7. The van der Waals surface area contributed by atoms with E-state index >= 15 is 0 Å². The summed E-state index contributed by atoms with van der Waals surface area (Å²) in [5.41, 5.74) is 4.02. The van der Waals surface area contributed by atoms with Crippen molar-refractivity contribution in [2.24, 2.45) is 0 Å². The van der Waals surface area contributed by atoms with Crippen molar-refractivity contribution < 1.29 is 9.90 Å². The molecule has 0 bridgehead atoms. The Morgan fingerprint density at radius 2 is 1.42 bits per heavy atom. The van der Waals surface area contributed by atoms with Gasteiger partial charge in [0.25, 0.3) is 0 Å². The molecule has 1 fully saturated rings. The number of aryl methyl sites for hydroxylation is 1. The molecule has 1 saturated heterocycles. The number of carbonyl (C=O) groups is 1. The molecule has 1 N–H and O–H groups in total. The third kappa shape index (κ3) is 3.86. The quantitative estimate of drug-likeness (QED) is 0.298. The number of hydrogen-bond donors (Lipinski definition) is 1. The lowest BCUT2D eigenvalue weighted by Crippen LogP contribution is -2.54. The van der Waals surface area contributed by atoms with Gasteiger partial charge in [0.15, 0.2) is 6.23 Å². The number of thioether (sulfide) groups is 1. The molecule has 1 amide bonds. The summed E-state index contributed by atoms with van der Waals surface area (Å²) in [7, 11) is 0. The molecule has 2 atom stereocenters. The second kappa shape index (κ2) is 9.09. The first-order valence-electron chi connectivity index (χ1n) is 10.7. The van der Waals surface area contributed by atoms with Crippen molar-refractivity contribution >= 4 is 29.2 Å². The first-order valence-corrected chi connectivity index (χ1v) is 12.4. The van der Waals surface area contributed by atoms with Gasteiger partial charge in [-0.15, -0.1) is 16.9 Å². The van der Waals surface area contributed by atoms with Crippen molar-refractivity contribution in [2.45, 2.75) is 29.7 Å². The van der Waals surface area contributed by atoms with Crippen LogP contribution in [0.2, 0.25) is 0 Å². The fourth-order valence-electron chi connectivity index (χ4n) is 4.32. The zero-order chi connectivity index (χ0) is 22.8. The number of aliphatic hydroxyl groups is 1. The number of amides is 1. The van der Waals surface area contributed by atoms with Gasteiger partial charge in [-0.1, -0.05) is 95.5 Å². The number of likely N-dealkylation sites (tertiary alicyclic amines) is 1. The van der Waals surface area contributed by atoms with Gasteiger partial charge in [0.2, 0.25) is 5.91 Å². The molecule has 0 aliphatic carbocycles. The van der Waals surface area contributed by atoms with E-state index < -0.39 is 11.0 Å². The van der Waals surface area contributed by atoms with Gasteiger partial charge < -0.3 is 5.11 Å². The summed E-state index contributed by atoms with van der Waals surface area (Å²) < 4.78 is 3.38. The van der Waals surface area contributed by atoms with Crippen LogP contribution in [0.5, 0.6) is 0 Å². The van der Waals surface area contributed by atoms with Crippen LogP contribution in [-0.4, -0.2) is 30.9 Å². The number of nitrogens with zero attached hydrogens (tertiary/aromatic N) is 3. The molecule has 33 heavy (non-hydrogen) atoms. The Morgan fingerprint density at radius 3 is 1.82 bits per heavy atom. The number of hydrogen-bond acceptors (Lipinski definition) is 6. The van der Waals surface area contributed by atoms with E-state index in [1.807, 2.05) is 54.6 Å². The van der Waals surface area contributed by atoms with Gasteiger partial charge in [-0.3, -0.25) is 9.69 Å². The van der Waals surface area contributed by atoms with Crippen LogP contribution in [0.25, 0.3) is 0 Å². The average Bonchev–Trinajstić information content (AvgIpc) is 3.29. The zero-order valence-corrected chi connectivity index (χ0v) is 19.7. The van der Waals surface area contributed by atoms with Crippen LogP contribution in [0, 0.1) is 6.92 Å². The summed E-state index contributed by atoms with van der Waals surface area (Å²) in [6.07, 6.45) is -0.690. The van der Waals surface area contributed by atoms with Gasteiger partial charge in [0, 0.05) is 0 Å². The van der Waals surface area contributed by atoms with Gasteiger partial charge in [-0.2, -0.15) is 0 Å². The average molecular weight is 474 g/mol. The van der Waals surface area contributed by atoms with Crippen molar-refractivity contribution in [3.05, 3.63) is 118 Å². The summed E-state index contributed by atoms with van der Waals surface area (Å²) in [6.45, 7) is 1.80. The summed E-state index contributed by atoms with van der Waals surface area (Å²) in [5.74, 6) is -0.0733. The molecule has 1 aromatic heterocycles. The number of β-lactam (4-membered cyclic amide) rings is 1. The number of carbonyl (C=O) groups excluding carboxylic acids is 1. The maximum Gasteiger partial charge on any atom is 0.228 e. The smallest absolute Gasteiger partial charge is 0.228 e. The van der Waals surface area contributed by atoms with Gasteiger partial charge >= 0.3 is 0 Å². The van der Waals surface area contributed by atoms with Gasteiger partial charge in [0.05, 0.1) is 27.1 Å². The van der Waals surface area contributed by atoms with E-state index in [-0.39, 0.29) is 11.3 Å². The standard InChI is InChI=1S/C26H23N3O2S2/c1-18-24(33-28-27-18)25(31)29-22(30)17-23(29)32-26(19-11-5-2-6-12-19,20-13-7-3-8-14-20)21-15-9-4-10-16-21/h2-16,23,25,31H,17H2,1H3. The molecule has 0 saturated carbocycles. The SMILES string of the molecule is Cc1nnsc1C(O)N1C(=O)CC1SC(c1ccccc1)(c1ccccc1)c1ccccc1. The molecule has 2 unspecified atom stereocenters. The molecule has 1 aliphatic heterocycles. The number of aromatic nitrogens is 2. The monoisotopic (exact) mass is 473 g/mol. The molecule has 7 heteroatoms. The molecule has 5 rings (SSSR count). The summed E-state index contributed by atoms with van der Waals surface area (Å²) in [4.78, 5) is 14.9. The van der Waals surface area contributed by atoms with Crippen LogP contribution in [0.15, 0.2) is 91.0 Å². The van der Waals surface area contributed by atoms with Crippen LogP contribution < -0.4 is 0 Å². The molecular weight excluding hydrogens is 450 g/mol. The second-order valence-electron chi connectivity index (χ2n) is 7.95. The molecule has 0 spiro atoms. The predicted molar refractivity (Wildman–Crippen MR) is 132 cm³/mol. The van der Waals surface area contributed by atoms with E-state index in [9.17, 15) is 9.90 Å². The lowest BCUT2D eigenvalue weighted by Gasteiger charge is -2.47. The molecular formula is C26H23N3O2S2. The van der Waals surface area contributed by atoms with Crippen molar-refractivity contribution in [2.75, 3.05) is 0 Å². The Balaban J connectivity index is 1.62. The van der Waals surface area contributed by atoms with Crippen molar-refractivity contribution in [3.63, 3.8) is 0 Å². The van der Waals surface area contributed by atoms with Gasteiger partial charge in [-0.25, -0.2) is 0 Å². The Hall–Kier alpha value is -3.00. The van der Waals surface area contributed by atoms with E-state index in [4.69, 9.17) is 0 Å². The zero-order valence-electron chi connectivity index (χ0n) is 18.0. The molecule has 3 aromatic carbocycles.